The lowest BCUT2D eigenvalue weighted by molar-refractivity contribution is 0.631. The summed E-state index contributed by atoms with van der Waals surface area (Å²) < 4.78 is 13.6. The summed E-state index contributed by atoms with van der Waals surface area (Å²) in [6, 6.07) is 6.42. The summed E-state index contributed by atoms with van der Waals surface area (Å²) in [7, 11) is 0. The normalized spacial score (nSPS) is 10.4. The SMILES string of the molecule is CCCN(CCC)c1cnnc(Nc2ccccc2F)n1. The molecule has 0 amide bonds. The van der Waals surface area contributed by atoms with Crippen molar-refractivity contribution in [2.45, 2.75) is 26.7 Å². The highest BCUT2D eigenvalue weighted by Gasteiger charge is 2.09. The number of benzene rings is 1. The van der Waals surface area contributed by atoms with Crippen LogP contribution in [-0.2, 0) is 0 Å². The Kier molecular flexibility index (Phi) is 5.43. The number of nitrogens with one attached hydrogen (secondary N) is 1. The van der Waals surface area contributed by atoms with Gasteiger partial charge in [0.05, 0.1) is 11.9 Å². The maximum atomic E-state index is 13.6. The molecule has 1 N–H and O–H groups in total. The van der Waals surface area contributed by atoms with E-state index >= 15 is 0 Å². The van der Waals surface area contributed by atoms with Gasteiger partial charge in [-0.3, -0.25) is 0 Å². The number of rotatable bonds is 7. The van der Waals surface area contributed by atoms with Gasteiger partial charge >= 0.3 is 0 Å². The van der Waals surface area contributed by atoms with E-state index in [1.807, 2.05) is 0 Å². The number of anilines is 3. The van der Waals surface area contributed by atoms with E-state index in [0.717, 1.165) is 31.7 Å². The van der Waals surface area contributed by atoms with Gasteiger partial charge in [-0.1, -0.05) is 26.0 Å². The number of nitrogens with zero attached hydrogens (tertiary/aromatic N) is 4. The van der Waals surface area contributed by atoms with Crippen LogP contribution in [0.5, 0.6) is 0 Å². The number of para-hydroxylation sites is 1. The predicted octanol–water partition coefficient (Wildman–Crippen LogP) is 3.38. The van der Waals surface area contributed by atoms with Crippen LogP contribution in [0.4, 0.5) is 21.8 Å². The van der Waals surface area contributed by atoms with Crippen LogP contribution in [0.2, 0.25) is 0 Å². The molecule has 2 aromatic rings. The zero-order valence-corrected chi connectivity index (χ0v) is 12.4. The number of halogens is 1. The second kappa shape index (κ2) is 7.52. The molecule has 0 aliphatic heterocycles. The molecule has 21 heavy (non-hydrogen) atoms. The van der Waals surface area contributed by atoms with Crippen LogP contribution in [-0.4, -0.2) is 28.3 Å². The summed E-state index contributed by atoms with van der Waals surface area (Å²) in [6.45, 7) is 6.06. The second-order valence-electron chi connectivity index (χ2n) is 4.73. The summed E-state index contributed by atoms with van der Waals surface area (Å²) in [4.78, 5) is 6.58. The lowest BCUT2D eigenvalue weighted by atomic mass is 10.3. The fraction of sp³-hybridized carbons (Fsp3) is 0.400. The van der Waals surface area contributed by atoms with Crippen molar-refractivity contribution in [1.82, 2.24) is 15.2 Å². The highest BCUT2D eigenvalue weighted by atomic mass is 19.1. The van der Waals surface area contributed by atoms with Crippen LogP contribution >= 0.6 is 0 Å². The van der Waals surface area contributed by atoms with Crippen LogP contribution in [0, 0.1) is 5.82 Å². The van der Waals surface area contributed by atoms with Gasteiger partial charge in [-0.15, -0.1) is 5.10 Å². The lowest BCUT2D eigenvalue weighted by Gasteiger charge is -2.22. The summed E-state index contributed by atoms with van der Waals surface area (Å²) >= 11 is 0. The quantitative estimate of drug-likeness (QED) is 0.847. The van der Waals surface area contributed by atoms with Gasteiger partial charge in [0.15, 0.2) is 5.82 Å². The van der Waals surface area contributed by atoms with Crippen molar-refractivity contribution in [1.29, 1.82) is 0 Å². The average molecular weight is 289 g/mol. The molecule has 0 spiro atoms. The van der Waals surface area contributed by atoms with Crippen molar-refractivity contribution in [3.05, 3.63) is 36.3 Å². The Morgan fingerprint density at radius 3 is 2.52 bits per heavy atom. The van der Waals surface area contributed by atoms with Crippen molar-refractivity contribution in [3.8, 4) is 0 Å². The Balaban J connectivity index is 2.18. The summed E-state index contributed by atoms with van der Waals surface area (Å²) in [5, 5.41) is 10.7. The summed E-state index contributed by atoms with van der Waals surface area (Å²) in [6.07, 6.45) is 3.69. The maximum absolute atomic E-state index is 13.6. The van der Waals surface area contributed by atoms with Gasteiger partial charge in [0.25, 0.3) is 0 Å². The van der Waals surface area contributed by atoms with Crippen molar-refractivity contribution < 1.29 is 4.39 Å². The van der Waals surface area contributed by atoms with Gasteiger partial charge in [-0.05, 0) is 25.0 Å². The molecule has 1 aromatic carbocycles. The minimum Gasteiger partial charge on any atom is -0.355 e. The van der Waals surface area contributed by atoms with Gasteiger partial charge in [0.1, 0.15) is 5.82 Å². The molecule has 0 atom stereocenters. The van der Waals surface area contributed by atoms with E-state index in [2.05, 4.69) is 39.2 Å². The van der Waals surface area contributed by atoms with Crippen molar-refractivity contribution >= 4 is 17.5 Å². The molecule has 0 radical (unpaired) electrons. The first-order valence-corrected chi connectivity index (χ1v) is 7.20. The summed E-state index contributed by atoms with van der Waals surface area (Å²) in [5.41, 5.74) is 0.342. The molecule has 6 heteroatoms. The molecule has 0 saturated carbocycles. The Hall–Kier alpha value is -2.24. The van der Waals surface area contributed by atoms with Crippen molar-refractivity contribution in [3.63, 3.8) is 0 Å². The molecule has 0 fully saturated rings. The van der Waals surface area contributed by atoms with Crippen LogP contribution in [0.1, 0.15) is 26.7 Å². The minimum absolute atomic E-state index is 0.301. The van der Waals surface area contributed by atoms with Gasteiger partial charge in [-0.2, -0.15) is 10.1 Å². The zero-order chi connectivity index (χ0) is 15.1. The minimum atomic E-state index is -0.342. The molecular weight excluding hydrogens is 269 g/mol. The molecule has 2 rings (SSSR count). The predicted molar refractivity (Wildman–Crippen MR) is 82.3 cm³/mol. The molecule has 0 aliphatic rings. The first-order valence-electron chi connectivity index (χ1n) is 7.20. The molecule has 0 unspecified atom stereocenters. The van der Waals surface area contributed by atoms with Crippen molar-refractivity contribution in [2.75, 3.05) is 23.3 Å². The smallest absolute Gasteiger partial charge is 0.249 e. The van der Waals surface area contributed by atoms with Crippen molar-refractivity contribution in [2.24, 2.45) is 0 Å². The van der Waals surface area contributed by atoms with E-state index < -0.39 is 0 Å². The van der Waals surface area contributed by atoms with E-state index in [4.69, 9.17) is 0 Å². The molecule has 5 nitrogen and oxygen atoms in total. The van der Waals surface area contributed by atoms with Crippen LogP contribution in [0.25, 0.3) is 0 Å². The molecule has 1 heterocycles. The lowest BCUT2D eigenvalue weighted by Crippen LogP contribution is -2.26. The van der Waals surface area contributed by atoms with Gasteiger partial charge < -0.3 is 10.2 Å². The summed E-state index contributed by atoms with van der Waals surface area (Å²) in [5.74, 6) is 0.716. The van der Waals surface area contributed by atoms with Gasteiger partial charge in [-0.25, -0.2) is 4.39 Å². The largest absolute Gasteiger partial charge is 0.355 e. The van der Waals surface area contributed by atoms with E-state index in [9.17, 15) is 4.39 Å². The monoisotopic (exact) mass is 289 g/mol. The fourth-order valence-electron chi connectivity index (χ4n) is 2.06. The van der Waals surface area contributed by atoms with Gasteiger partial charge in [0.2, 0.25) is 5.95 Å². The third-order valence-corrected chi connectivity index (χ3v) is 2.98. The third-order valence-electron chi connectivity index (χ3n) is 2.98. The van der Waals surface area contributed by atoms with Gasteiger partial charge in [0, 0.05) is 13.1 Å². The Morgan fingerprint density at radius 1 is 1.14 bits per heavy atom. The fourth-order valence-corrected chi connectivity index (χ4v) is 2.06. The number of hydrogen-bond acceptors (Lipinski definition) is 5. The van der Waals surface area contributed by atoms with Crippen LogP contribution in [0.15, 0.2) is 30.5 Å². The molecule has 112 valence electrons. The number of hydrogen-bond donors (Lipinski definition) is 1. The van der Waals surface area contributed by atoms with E-state index in [0.29, 0.717) is 11.6 Å². The molecule has 0 saturated heterocycles. The molecule has 0 aliphatic carbocycles. The standard InChI is InChI=1S/C15H20FN5/c1-3-9-21(10-4-2)14-11-17-20-15(19-14)18-13-8-6-5-7-12(13)16/h5-8,11H,3-4,9-10H2,1-2H3,(H,18,19,20). The molecule has 1 aromatic heterocycles. The number of aromatic nitrogens is 3. The highest BCUT2D eigenvalue weighted by Crippen LogP contribution is 2.18. The van der Waals surface area contributed by atoms with Crippen LogP contribution < -0.4 is 10.2 Å². The van der Waals surface area contributed by atoms with E-state index in [1.54, 1.807) is 24.4 Å². The average Bonchev–Trinajstić information content (AvgIpc) is 2.50. The maximum Gasteiger partial charge on any atom is 0.249 e. The molecule has 0 bridgehead atoms. The van der Waals surface area contributed by atoms with Crippen LogP contribution in [0.3, 0.4) is 0 Å². The molecular formula is C15H20FN5. The Bertz CT molecular complexity index is 569. The first kappa shape index (κ1) is 15.2. The first-order chi connectivity index (χ1) is 10.2. The van der Waals surface area contributed by atoms with E-state index in [1.165, 1.54) is 6.07 Å². The topological polar surface area (TPSA) is 53.9 Å². The van der Waals surface area contributed by atoms with E-state index in [-0.39, 0.29) is 5.82 Å². The Morgan fingerprint density at radius 2 is 1.86 bits per heavy atom. The second-order valence-corrected chi connectivity index (χ2v) is 4.73. The third kappa shape index (κ3) is 4.11. The Labute approximate surface area is 124 Å². The highest BCUT2D eigenvalue weighted by molar-refractivity contribution is 5.54. The zero-order valence-electron chi connectivity index (χ0n) is 12.4.